The van der Waals surface area contributed by atoms with Crippen molar-refractivity contribution in [1.82, 2.24) is 9.80 Å². The first kappa shape index (κ1) is 18.4. The van der Waals surface area contributed by atoms with Crippen LogP contribution in [-0.2, 0) is 15.1 Å². The Morgan fingerprint density at radius 3 is 2.71 bits per heavy atom. The quantitative estimate of drug-likeness (QED) is 0.861. The number of hydrogen-bond acceptors (Lipinski definition) is 4. The van der Waals surface area contributed by atoms with Gasteiger partial charge in [0.15, 0.2) is 11.6 Å². The number of benzene rings is 2. The minimum absolute atomic E-state index is 0.0326. The predicted octanol–water partition coefficient (Wildman–Crippen LogP) is 2.13. The van der Waals surface area contributed by atoms with E-state index in [2.05, 4.69) is 0 Å². The number of nitrogens with zero attached hydrogens (tertiary/aromatic N) is 2. The molecule has 4 rings (SSSR count). The minimum Gasteiger partial charge on any atom is -0.505 e. The van der Waals surface area contributed by atoms with E-state index in [1.807, 2.05) is 30.3 Å². The van der Waals surface area contributed by atoms with Crippen molar-refractivity contribution in [2.75, 3.05) is 26.7 Å². The van der Waals surface area contributed by atoms with Crippen molar-refractivity contribution >= 4 is 11.8 Å². The smallest absolute Gasteiger partial charge is 0.254 e. The molecule has 2 aromatic rings. The van der Waals surface area contributed by atoms with Crippen LogP contribution in [0.4, 0.5) is 4.39 Å². The third-order valence-electron chi connectivity index (χ3n) is 5.82. The Kier molecular flexibility index (Phi) is 4.55. The maximum atomic E-state index is 13.3. The number of carbonyl (C=O) groups excluding carboxylic acids is 2. The number of rotatable bonds is 2. The van der Waals surface area contributed by atoms with Crippen LogP contribution >= 0.6 is 0 Å². The molecule has 0 spiro atoms. The van der Waals surface area contributed by atoms with E-state index in [1.165, 1.54) is 6.07 Å². The SMILES string of the molecule is CN1C(=O)CO[C@@H]2CN(C(=O)c3ccc(F)c(O)c3)CC[C@]21c1ccccc1. The first-order chi connectivity index (χ1) is 13.4. The molecule has 2 amide bonds. The second kappa shape index (κ2) is 6.91. The fraction of sp³-hybridized carbons (Fsp3) is 0.333. The fourth-order valence-corrected chi connectivity index (χ4v) is 4.24. The molecule has 146 valence electrons. The van der Waals surface area contributed by atoms with Crippen LogP contribution in [0.2, 0.25) is 0 Å². The average Bonchev–Trinajstić information content (AvgIpc) is 2.72. The predicted molar refractivity (Wildman–Crippen MR) is 99.2 cm³/mol. The van der Waals surface area contributed by atoms with Gasteiger partial charge in [-0.05, 0) is 30.2 Å². The van der Waals surface area contributed by atoms with E-state index < -0.39 is 17.1 Å². The van der Waals surface area contributed by atoms with Crippen molar-refractivity contribution in [2.24, 2.45) is 0 Å². The number of aromatic hydroxyl groups is 1. The van der Waals surface area contributed by atoms with Gasteiger partial charge < -0.3 is 19.6 Å². The maximum Gasteiger partial charge on any atom is 0.254 e. The second-order valence-electron chi connectivity index (χ2n) is 7.21. The molecule has 6 nitrogen and oxygen atoms in total. The van der Waals surface area contributed by atoms with Gasteiger partial charge in [0.25, 0.3) is 5.91 Å². The van der Waals surface area contributed by atoms with Crippen LogP contribution in [0.25, 0.3) is 0 Å². The second-order valence-corrected chi connectivity index (χ2v) is 7.21. The summed E-state index contributed by atoms with van der Waals surface area (Å²) in [5.41, 5.74) is 0.548. The highest BCUT2D eigenvalue weighted by molar-refractivity contribution is 5.94. The molecule has 2 atom stereocenters. The van der Waals surface area contributed by atoms with E-state index in [-0.39, 0.29) is 30.1 Å². The zero-order chi connectivity index (χ0) is 19.9. The van der Waals surface area contributed by atoms with Gasteiger partial charge in [-0.2, -0.15) is 0 Å². The molecule has 2 aliphatic heterocycles. The highest BCUT2D eigenvalue weighted by Gasteiger charge is 2.53. The lowest BCUT2D eigenvalue weighted by Crippen LogP contribution is -2.67. The van der Waals surface area contributed by atoms with E-state index >= 15 is 0 Å². The Labute approximate surface area is 162 Å². The molecule has 28 heavy (non-hydrogen) atoms. The summed E-state index contributed by atoms with van der Waals surface area (Å²) in [6, 6.07) is 13.3. The van der Waals surface area contributed by atoms with Gasteiger partial charge in [0.1, 0.15) is 12.7 Å². The van der Waals surface area contributed by atoms with Crippen LogP contribution in [0.15, 0.2) is 48.5 Å². The largest absolute Gasteiger partial charge is 0.505 e. The lowest BCUT2D eigenvalue weighted by molar-refractivity contribution is -0.180. The fourth-order valence-electron chi connectivity index (χ4n) is 4.24. The van der Waals surface area contributed by atoms with Crippen LogP contribution in [-0.4, -0.2) is 59.6 Å². The molecule has 2 saturated heterocycles. The summed E-state index contributed by atoms with van der Waals surface area (Å²) in [5.74, 6) is -1.72. The Morgan fingerprint density at radius 1 is 1.25 bits per heavy atom. The van der Waals surface area contributed by atoms with Crippen LogP contribution in [0.3, 0.4) is 0 Å². The first-order valence-electron chi connectivity index (χ1n) is 9.15. The highest BCUT2D eigenvalue weighted by atomic mass is 19.1. The molecule has 0 aromatic heterocycles. The van der Waals surface area contributed by atoms with E-state index in [9.17, 15) is 19.1 Å². The maximum absolute atomic E-state index is 13.3. The molecule has 0 saturated carbocycles. The molecule has 2 fully saturated rings. The molecule has 2 heterocycles. The number of piperidine rings is 1. The zero-order valence-corrected chi connectivity index (χ0v) is 15.5. The molecule has 1 N–H and O–H groups in total. The van der Waals surface area contributed by atoms with Crippen molar-refractivity contribution in [3.8, 4) is 5.75 Å². The minimum atomic E-state index is -0.769. The summed E-state index contributed by atoms with van der Waals surface area (Å²) < 4.78 is 19.2. The molecule has 7 heteroatoms. The number of phenolic OH excluding ortho intramolecular Hbond substituents is 1. The van der Waals surface area contributed by atoms with Gasteiger partial charge in [0, 0.05) is 25.7 Å². The highest BCUT2D eigenvalue weighted by Crippen LogP contribution is 2.42. The van der Waals surface area contributed by atoms with Gasteiger partial charge in [-0.1, -0.05) is 30.3 Å². The molecule has 0 aliphatic carbocycles. The lowest BCUT2D eigenvalue weighted by Gasteiger charge is -2.54. The summed E-state index contributed by atoms with van der Waals surface area (Å²) in [4.78, 5) is 28.6. The third-order valence-corrected chi connectivity index (χ3v) is 5.82. The Morgan fingerprint density at radius 2 is 2.00 bits per heavy atom. The summed E-state index contributed by atoms with van der Waals surface area (Å²) >= 11 is 0. The first-order valence-corrected chi connectivity index (χ1v) is 9.15. The monoisotopic (exact) mass is 384 g/mol. The number of hydrogen-bond donors (Lipinski definition) is 1. The number of phenols is 1. The van der Waals surface area contributed by atoms with Crippen LogP contribution in [0.1, 0.15) is 22.3 Å². The van der Waals surface area contributed by atoms with Crippen molar-refractivity contribution in [3.05, 3.63) is 65.5 Å². The number of amides is 2. The number of morpholine rings is 1. The van der Waals surface area contributed by atoms with E-state index in [0.717, 1.165) is 17.7 Å². The van der Waals surface area contributed by atoms with Crippen molar-refractivity contribution in [2.45, 2.75) is 18.1 Å². The summed E-state index contributed by atoms with van der Waals surface area (Å²) in [6.45, 7) is 0.669. The number of halogens is 1. The molecule has 2 aromatic carbocycles. The summed E-state index contributed by atoms with van der Waals surface area (Å²) in [7, 11) is 1.78. The van der Waals surface area contributed by atoms with Crippen molar-refractivity contribution in [3.63, 3.8) is 0 Å². The number of carbonyl (C=O) groups is 2. The molecular weight excluding hydrogens is 363 g/mol. The number of fused-ring (bicyclic) bond motifs is 1. The summed E-state index contributed by atoms with van der Waals surface area (Å²) in [5, 5.41) is 9.57. The number of likely N-dealkylation sites (tertiary alicyclic amines) is 1. The van der Waals surface area contributed by atoms with E-state index in [4.69, 9.17) is 4.74 Å². The van der Waals surface area contributed by atoms with Gasteiger partial charge in [-0.25, -0.2) is 4.39 Å². The van der Waals surface area contributed by atoms with Gasteiger partial charge in [-0.15, -0.1) is 0 Å². The van der Waals surface area contributed by atoms with Crippen molar-refractivity contribution in [1.29, 1.82) is 0 Å². The standard InChI is InChI=1S/C21H21FN2O4/c1-23-19(26)13-28-18-12-24(20(27)14-7-8-16(22)17(25)11-14)10-9-21(18,23)15-5-3-2-4-6-15/h2-8,11,18,25H,9-10,12-13H2,1H3/t18-,21+/m1/s1. The summed E-state index contributed by atoms with van der Waals surface area (Å²) in [6.07, 6.45) is 0.132. The number of ether oxygens (including phenoxy) is 1. The third kappa shape index (κ3) is 2.82. The van der Waals surface area contributed by atoms with Gasteiger partial charge in [0.05, 0.1) is 5.54 Å². The topological polar surface area (TPSA) is 70.1 Å². The average molecular weight is 384 g/mol. The molecule has 0 radical (unpaired) electrons. The van der Waals surface area contributed by atoms with E-state index in [0.29, 0.717) is 19.5 Å². The van der Waals surface area contributed by atoms with Gasteiger partial charge in [0.2, 0.25) is 5.91 Å². The van der Waals surface area contributed by atoms with Crippen LogP contribution in [0, 0.1) is 5.82 Å². The van der Waals surface area contributed by atoms with Crippen LogP contribution < -0.4 is 0 Å². The molecular formula is C21H21FN2O4. The number of likely N-dealkylation sites (N-methyl/N-ethyl adjacent to an activating group) is 1. The van der Waals surface area contributed by atoms with Gasteiger partial charge in [-0.3, -0.25) is 9.59 Å². The molecule has 2 aliphatic rings. The van der Waals surface area contributed by atoms with Crippen LogP contribution in [0.5, 0.6) is 5.75 Å². The zero-order valence-electron chi connectivity index (χ0n) is 15.5. The lowest BCUT2D eigenvalue weighted by atomic mass is 9.76. The molecule has 0 bridgehead atoms. The Bertz CT molecular complexity index is 920. The molecule has 0 unspecified atom stereocenters. The van der Waals surface area contributed by atoms with E-state index in [1.54, 1.807) is 16.8 Å². The van der Waals surface area contributed by atoms with Crippen molar-refractivity contribution < 1.29 is 23.8 Å². The Balaban J connectivity index is 1.64. The normalized spacial score (nSPS) is 24.8. The van der Waals surface area contributed by atoms with Gasteiger partial charge >= 0.3 is 0 Å². The Hall–Kier alpha value is -2.93.